The maximum Gasteiger partial charge on any atom is 0.308 e. The Labute approximate surface area is 175 Å². The minimum Gasteiger partial charge on any atom is -0.497 e. The number of esters is 1. The van der Waals surface area contributed by atoms with Gasteiger partial charge in [-0.15, -0.1) is 6.58 Å². The van der Waals surface area contributed by atoms with E-state index in [0.29, 0.717) is 6.54 Å². The molecule has 0 aromatic heterocycles. The Hall–Kier alpha value is -2.59. The fourth-order valence-electron chi connectivity index (χ4n) is 3.30. The predicted octanol–water partition coefficient (Wildman–Crippen LogP) is 5.54. The van der Waals surface area contributed by atoms with Crippen molar-refractivity contribution in [3.8, 4) is 5.75 Å². The van der Waals surface area contributed by atoms with Crippen molar-refractivity contribution in [3.63, 3.8) is 0 Å². The molecule has 156 valence electrons. The molecule has 0 amide bonds. The van der Waals surface area contributed by atoms with Crippen LogP contribution in [0.1, 0.15) is 51.3 Å². The van der Waals surface area contributed by atoms with Gasteiger partial charge < -0.3 is 9.47 Å². The summed E-state index contributed by atoms with van der Waals surface area (Å²) in [5.74, 6) is 0.604. The van der Waals surface area contributed by atoms with E-state index in [4.69, 9.17) is 9.47 Å². The lowest BCUT2D eigenvalue weighted by Gasteiger charge is -2.35. The van der Waals surface area contributed by atoms with Crippen LogP contribution in [0.4, 0.5) is 0 Å². The second-order valence-electron chi connectivity index (χ2n) is 8.20. The molecule has 2 rings (SSSR count). The second kappa shape index (κ2) is 10.3. The molecular weight excluding hydrogens is 362 g/mol. The van der Waals surface area contributed by atoms with Crippen molar-refractivity contribution < 1.29 is 14.3 Å². The van der Waals surface area contributed by atoms with Gasteiger partial charge >= 0.3 is 5.97 Å². The first-order valence-electron chi connectivity index (χ1n) is 10.0. The molecular formula is C25H33NO3. The molecule has 0 bridgehead atoms. The van der Waals surface area contributed by atoms with Crippen molar-refractivity contribution in [3.05, 3.63) is 78.4 Å². The van der Waals surface area contributed by atoms with Gasteiger partial charge in [-0.3, -0.25) is 9.69 Å². The van der Waals surface area contributed by atoms with Crippen LogP contribution in [0.5, 0.6) is 5.75 Å². The Balaban J connectivity index is 2.28. The van der Waals surface area contributed by atoms with Crippen LogP contribution in [0.3, 0.4) is 0 Å². The van der Waals surface area contributed by atoms with Crippen LogP contribution in [0, 0.1) is 0 Å². The largest absolute Gasteiger partial charge is 0.497 e. The monoisotopic (exact) mass is 395 g/mol. The average Bonchev–Trinajstić information content (AvgIpc) is 2.69. The lowest BCUT2D eigenvalue weighted by molar-refractivity contribution is -0.156. The minimum absolute atomic E-state index is 0.0755. The van der Waals surface area contributed by atoms with Gasteiger partial charge in [0.05, 0.1) is 13.5 Å². The second-order valence-corrected chi connectivity index (χ2v) is 8.20. The molecule has 0 aliphatic rings. The molecule has 0 saturated carbocycles. The zero-order valence-corrected chi connectivity index (χ0v) is 18.2. The highest BCUT2D eigenvalue weighted by molar-refractivity contribution is 5.71. The molecule has 4 nitrogen and oxygen atoms in total. The number of carbonyl (C=O) groups is 1. The zero-order chi connectivity index (χ0) is 21.4. The number of benzene rings is 2. The summed E-state index contributed by atoms with van der Waals surface area (Å²) in [4.78, 5) is 14.8. The number of methoxy groups -OCH3 is 1. The summed E-state index contributed by atoms with van der Waals surface area (Å²) in [6, 6.07) is 18.2. The molecule has 2 aromatic rings. The standard InChI is InChI=1S/C25H33NO3/c1-7-22(17-24(27)29-25(3,4)5)26(18-20-11-9-8-10-12-20)19(2)21-13-15-23(28-6)16-14-21/h7-16,19,22H,1,17-18H2,2-6H3/t19-,22-/m0/s1. The summed E-state index contributed by atoms with van der Waals surface area (Å²) in [7, 11) is 1.66. The Kier molecular flexibility index (Phi) is 8.03. The summed E-state index contributed by atoms with van der Waals surface area (Å²) in [5, 5.41) is 0. The van der Waals surface area contributed by atoms with Gasteiger partial charge in [0.25, 0.3) is 0 Å². The molecule has 0 fully saturated rings. The Morgan fingerprint density at radius 3 is 2.24 bits per heavy atom. The van der Waals surface area contributed by atoms with Gasteiger partial charge in [-0.05, 0) is 51.0 Å². The van der Waals surface area contributed by atoms with Gasteiger partial charge in [-0.2, -0.15) is 0 Å². The van der Waals surface area contributed by atoms with Crippen LogP contribution in [-0.4, -0.2) is 29.6 Å². The molecule has 0 saturated heterocycles. The molecule has 0 radical (unpaired) electrons. The highest BCUT2D eigenvalue weighted by Crippen LogP contribution is 2.28. The normalized spacial score (nSPS) is 13.6. The van der Waals surface area contributed by atoms with Gasteiger partial charge in [-0.25, -0.2) is 0 Å². The molecule has 0 heterocycles. The number of rotatable bonds is 9. The quantitative estimate of drug-likeness (QED) is 0.412. The number of hydrogen-bond acceptors (Lipinski definition) is 4. The molecule has 2 aromatic carbocycles. The van der Waals surface area contributed by atoms with Crippen LogP contribution < -0.4 is 4.74 Å². The van der Waals surface area contributed by atoms with Crippen molar-refractivity contribution >= 4 is 5.97 Å². The molecule has 0 N–H and O–H groups in total. The summed E-state index contributed by atoms with van der Waals surface area (Å²) >= 11 is 0. The fraction of sp³-hybridized carbons (Fsp3) is 0.400. The third-order valence-corrected chi connectivity index (χ3v) is 4.80. The van der Waals surface area contributed by atoms with E-state index in [-0.39, 0.29) is 24.5 Å². The lowest BCUT2D eigenvalue weighted by atomic mass is 10.0. The number of nitrogens with zero attached hydrogens (tertiary/aromatic N) is 1. The van der Waals surface area contributed by atoms with Crippen LogP contribution >= 0.6 is 0 Å². The predicted molar refractivity (Wildman–Crippen MR) is 118 cm³/mol. The Bertz CT molecular complexity index is 778. The summed E-state index contributed by atoms with van der Waals surface area (Å²) in [6.07, 6.45) is 2.10. The van der Waals surface area contributed by atoms with Crippen LogP contribution in [0.25, 0.3) is 0 Å². The maximum atomic E-state index is 12.5. The molecule has 4 heteroatoms. The fourth-order valence-corrected chi connectivity index (χ4v) is 3.30. The molecule has 0 spiro atoms. The summed E-state index contributed by atoms with van der Waals surface area (Å²) in [6.45, 7) is 12.5. The van der Waals surface area contributed by atoms with Crippen molar-refractivity contribution in [2.75, 3.05) is 7.11 Å². The van der Waals surface area contributed by atoms with Crippen molar-refractivity contribution in [1.82, 2.24) is 4.90 Å². The Morgan fingerprint density at radius 2 is 1.72 bits per heavy atom. The summed E-state index contributed by atoms with van der Waals surface area (Å²) < 4.78 is 10.8. The third kappa shape index (κ3) is 7.06. The first kappa shape index (κ1) is 22.7. The lowest BCUT2D eigenvalue weighted by Crippen LogP contribution is -2.38. The average molecular weight is 396 g/mol. The minimum atomic E-state index is -0.505. The maximum absolute atomic E-state index is 12.5. The molecule has 29 heavy (non-hydrogen) atoms. The Morgan fingerprint density at radius 1 is 1.10 bits per heavy atom. The highest BCUT2D eigenvalue weighted by atomic mass is 16.6. The zero-order valence-electron chi connectivity index (χ0n) is 18.2. The van der Waals surface area contributed by atoms with Crippen LogP contribution in [-0.2, 0) is 16.1 Å². The van der Waals surface area contributed by atoms with Gasteiger partial charge in [0.15, 0.2) is 0 Å². The van der Waals surface area contributed by atoms with Crippen molar-refractivity contribution in [2.45, 2.75) is 58.3 Å². The van der Waals surface area contributed by atoms with Gasteiger partial charge in [-0.1, -0.05) is 48.5 Å². The first-order valence-corrected chi connectivity index (χ1v) is 10.0. The first-order chi connectivity index (χ1) is 13.7. The summed E-state index contributed by atoms with van der Waals surface area (Å²) in [5.41, 5.74) is 1.83. The highest BCUT2D eigenvalue weighted by Gasteiger charge is 2.27. The topological polar surface area (TPSA) is 38.8 Å². The van der Waals surface area contributed by atoms with E-state index in [9.17, 15) is 4.79 Å². The molecule has 0 aliphatic heterocycles. The number of ether oxygens (including phenoxy) is 2. The molecule has 0 unspecified atom stereocenters. The van der Waals surface area contributed by atoms with E-state index in [1.165, 1.54) is 5.56 Å². The third-order valence-electron chi connectivity index (χ3n) is 4.80. The van der Waals surface area contributed by atoms with E-state index in [1.54, 1.807) is 7.11 Å². The number of hydrogen-bond donors (Lipinski definition) is 0. The number of carbonyl (C=O) groups excluding carboxylic acids is 1. The van der Waals surface area contributed by atoms with E-state index in [0.717, 1.165) is 11.3 Å². The van der Waals surface area contributed by atoms with E-state index < -0.39 is 5.60 Å². The van der Waals surface area contributed by atoms with Crippen molar-refractivity contribution in [2.24, 2.45) is 0 Å². The smallest absolute Gasteiger partial charge is 0.308 e. The van der Waals surface area contributed by atoms with E-state index >= 15 is 0 Å². The molecule has 0 aliphatic carbocycles. The van der Waals surface area contributed by atoms with Crippen LogP contribution in [0.15, 0.2) is 67.3 Å². The molecule has 2 atom stereocenters. The van der Waals surface area contributed by atoms with Gasteiger partial charge in [0.2, 0.25) is 0 Å². The van der Waals surface area contributed by atoms with Gasteiger partial charge in [0.1, 0.15) is 11.4 Å². The SMILES string of the molecule is C=C[C@@H](CC(=O)OC(C)(C)C)N(Cc1ccccc1)[C@@H](C)c1ccc(OC)cc1. The van der Waals surface area contributed by atoms with Crippen molar-refractivity contribution in [1.29, 1.82) is 0 Å². The van der Waals surface area contributed by atoms with E-state index in [1.807, 2.05) is 57.2 Å². The van der Waals surface area contributed by atoms with Crippen LogP contribution in [0.2, 0.25) is 0 Å². The van der Waals surface area contributed by atoms with E-state index in [2.05, 4.69) is 42.7 Å². The van der Waals surface area contributed by atoms with Gasteiger partial charge in [0, 0.05) is 18.6 Å².